The van der Waals surface area contributed by atoms with E-state index < -0.39 is 11.7 Å². The SMILES string of the molecule is COc1ccccc1N1CC[NH+](Cc2ccc(C(F)(F)F)cc2)CC1. The molecule has 0 aliphatic carbocycles. The van der Waals surface area contributed by atoms with Crippen molar-refractivity contribution in [1.82, 2.24) is 0 Å². The standard InChI is InChI=1S/C19H21F3N2O/c1-25-18-5-3-2-4-17(18)24-12-10-23(11-13-24)14-15-6-8-16(9-7-15)19(20,21)22/h2-9H,10-14H2,1H3/p+1. The van der Waals surface area contributed by atoms with Crippen LogP contribution in [0.15, 0.2) is 48.5 Å². The molecule has 0 spiro atoms. The highest BCUT2D eigenvalue weighted by atomic mass is 19.4. The molecule has 2 aromatic rings. The molecule has 1 heterocycles. The number of nitrogens with one attached hydrogen (secondary N) is 1. The molecule has 0 bridgehead atoms. The predicted octanol–water partition coefficient (Wildman–Crippen LogP) is 2.62. The van der Waals surface area contributed by atoms with E-state index in [9.17, 15) is 13.2 Å². The number of alkyl halides is 3. The molecule has 0 atom stereocenters. The molecule has 134 valence electrons. The number of nitrogens with zero attached hydrogens (tertiary/aromatic N) is 1. The van der Waals surface area contributed by atoms with Crippen molar-refractivity contribution < 1.29 is 22.8 Å². The smallest absolute Gasteiger partial charge is 0.416 e. The first-order valence-corrected chi connectivity index (χ1v) is 8.35. The van der Waals surface area contributed by atoms with Gasteiger partial charge in [-0.1, -0.05) is 24.3 Å². The zero-order chi connectivity index (χ0) is 17.9. The molecule has 6 heteroatoms. The number of methoxy groups -OCH3 is 1. The van der Waals surface area contributed by atoms with Gasteiger partial charge in [0.05, 0.1) is 44.5 Å². The van der Waals surface area contributed by atoms with Gasteiger partial charge in [0.1, 0.15) is 12.3 Å². The molecule has 1 fully saturated rings. The number of rotatable bonds is 4. The summed E-state index contributed by atoms with van der Waals surface area (Å²) in [6.07, 6.45) is -4.27. The van der Waals surface area contributed by atoms with Gasteiger partial charge in [0.15, 0.2) is 0 Å². The molecule has 3 rings (SSSR count). The third-order valence-electron chi connectivity index (χ3n) is 4.63. The molecule has 2 aromatic carbocycles. The van der Waals surface area contributed by atoms with E-state index in [2.05, 4.69) is 11.0 Å². The summed E-state index contributed by atoms with van der Waals surface area (Å²) in [5.74, 6) is 0.869. The van der Waals surface area contributed by atoms with Crippen LogP contribution < -0.4 is 14.5 Å². The molecule has 25 heavy (non-hydrogen) atoms. The van der Waals surface area contributed by atoms with E-state index in [1.54, 1.807) is 19.2 Å². The quantitative estimate of drug-likeness (QED) is 0.912. The van der Waals surface area contributed by atoms with Crippen molar-refractivity contribution in [3.05, 3.63) is 59.7 Å². The largest absolute Gasteiger partial charge is 0.495 e. The van der Waals surface area contributed by atoms with E-state index in [1.165, 1.54) is 17.0 Å². The van der Waals surface area contributed by atoms with Gasteiger partial charge in [0.2, 0.25) is 0 Å². The van der Waals surface area contributed by atoms with Gasteiger partial charge in [-0.15, -0.1) is 0 Å². The highest BCUT2D eigenvalue weighted by Crippen LogP contribution is 2.29. The first-order valence-electron chi connectivity index (χ1n) is 8.35. The van der Waals surface area contributed by atoms with Crippen molar-refractivity contribution in [2.75, 3.05) is 38.2 Å². The Bertz CT molecular complexity index is 693. The lowest BCUT2D eigenvalue weighted by Crippen LogP contribution is -3.13. The number of piperazine rings is 1. The van der Waals surface area contributed by atoms with Crippen LogP contribution in [0, 0.1) is 0 Å². The van der Waals surface area contributed by atoms with Crippen LogP contribution in [0.25, 0.3) is 0 Å². The number of hydrogen-bond acceptors (Lipinski definition) is 2. The lowest BCUT2D eigenvalue weighted by molar-refractivity contribution is -0.914. The fraction of sp³-hybridized carbons (Fsp3) is 0.368. The first kappa shape index (κ1) is 17.6. The highest BCUT2D eigenvalue weighted by molar-refractivity contribution is 5.58. The van der Waals surface area contributed by atoms with Crippen LogP contribution >= 0.6 is 0 Å². The van der Waals surface area contributed by atoms with Crippen LogP contribution in [0.1, 0.15) is 11.1 Å². The fourth-order valence-corrected chi connectivity index (χ4v) is 3.23. The number of benzene rings is 2. The molecule has 1 N–H and O–H groups in total. The van der Waals surface area contributed by atoms with Gasteiger partial charge in [-0.05, 0) is 24.3 Å². The minimum atomic E-state index is -4.27. The van der Waals surface area contributed by atoms with Gasteiger partial charge in [0, 0.05) is 5.56 Å². The van der Waals surface area contributed by atoms with Crippen LogP contribution in [0.4, 0.5) is 18.9 Å². The molecule has 0 aromatic heterocycles. The van der Waals surface area contributed by atoms with Gasteiger partial charge in [0.25, 0.3) is 0 Å². The third-order valence-corrected chi connectivity index (χ3v) is 4.63. The topological polar surface area (TPSA) is 16.9 Å². The Labute approximate surface area is 145 Å². The summed E-state index contributed by atoms with van der Waals surface area (Å²) in [6, 6.07) is 13.5. The molecule has 1 saturated heterocycles. The van der Waals surface area contributed by atoms with Crippen LogP contribution in [-0.2, 0) is 12.7 Å². The Morgan fingerprint density at radius 2 is 1.64 bits per heavy atom. The number of hydrogen-bond donors (Lipinski definition) is 1. The zero-order valence-electron chi connectivity index (χ0n) is 14.1. The third kappa shape index (κ3) is 4.25. The highest BCUT2D eigenvalue weighted by Gasteiger charge is 2.30. The number of anilines is 1. The van der Waals surface area contributed by atoms with E-state index in [1.807, 2.05) is 18.2 Å². The van der Waals surface area contributed by atoms with Crippen molar-refractivity contribution >= 4 is 5.69 Å². The Hall–Kier alpha value is -2.21. The zero-order valence-corrected chi connectivity index (χ0v) is 14.1. The number of para-hydroxylation sites is 2. The van der Waals surface area contributed by atoms with E-state index in [-0.39, 0.29) is 0 Å². The molecular weight excluding hydrogens is 329 g/mol. The maximum Gasteiger partial charge on any atom is 0.416 e. The van der Waals surface area contributed by atoms with Crippen LogP contribution in [-0.4, -0.2) is 33.3 Å². The fourth-order valence-electron chi connectivity index (χ4n) is 3.23. The van der Waals surface area contributed by atoms with Gasteiger partial charge in [-0.3, -0.25) is 0 Å². The minimum Gasteiger partial charge on any atom is -0.495 e. The molecule has 0 saturated carbocycles. The van der Waals surface area contributed by atoms with Crippen LogP contribution in [0.5, 0.6) is 5.75 Å². The lowest BCUT2D eigenvalue weighted by atomic mass is 10.1. The second-order valence-corrected chi connectivity index (χ2v) is 6.28. The molecule has 1 aliphatic rings. The Balaban J connectivity index is 1.58. The van der Waals surface area contributed by atoms with Crippen molar-refractivity contribution in [3.8, 4) is 5.75 Å². The maximum atomic E-state index is 12.6. The maximum absolute atomic E-state index is 12.6. The number of halogens is 3. The average Bonchev–Trinajstić information content (AvgIpc) is 2.62. The summed E-state index contributed by atoms with van der Waals surface area (Å²) >= 11 is 0. The van der Waals surface area contributed by atoms with Crippen molar-refractivity contribution in [2.45, 2.75) is 12.7 Å². The molecule has 0 radical (unpaired) electrons. The summed E-state index contributed by atoms with van der Waals surface area (Å²) in [6.45, 7) is 4.43. The Morgan fingerprint density at radius 3 is 2.24 bits per heavy atom. The van der Waals surface area contributed by atoms with Gasteiger partial charge < -0.3 is 14.5 Å². The van der Waals surface area contributed by atoms with Gasteiger partial charge >= 0.3 is 6.18 Å². The number of quaternary nitrogens is 1. The summed E-state index contributed by atoms with van der Waals surface area (Å²) < 4.78 is 43.3. The molecule has 0 unspecified atom stereocenters. The monoisotopic (exact) mass is 351 g/mol. The average molecular weight is 351 g/mol. The molecule has 3 nitrogen and oxygen atoms in total. The Morgan fingerprint density at radius 1 is 1.00 bits per heavy atom. The number of ether oxygens (including phenoxy) is 1. The molecular formula is C19H22F3N2O+. The second-order valence-electron chi connectivity index (χ2n) is 6.28. The second kappa shape index (κ2) is 7.35. The Kier molecular flexibility index (Phi) is 5.18. The molecule has 1 aliphatic heterocycles. The minimum absolute atomic E-state index is 0.591. The van der Waals surface area contributed by atoms with E-state index in [0.29, 0.717) is 0 Å². The van der Waals surface area contributed by atoms with Crippen molar-refractivity contribution in [3.63, 3.8) is 0 Å². The summed E-state index contributed by atoms with van der Waals surface area (Å²) in [4.78, 5) is 3.68. The van der Waals surface area contributed by atoms with Crippen LogP contribution in [0.2, 0.25) is 0 Å². The van der Waals surface area contributed by atoms with Crippen molar-refractivity contribution in [1.29, 1.82) is 0 Å². The first-order chi connectivity index (χ1) is 12.0. The van der Waals surface area contributed by atoms with E-state index in [0.717, 1.165) is 49.7 Å². The summed E-state index contributed by atoms with van der Waals surface area (Å²) in [7, 11) is 1.67. The summed E-state index contributed by atoms with van der Waals surface area (Å²) in [5.41, 5.74) is 1.44. The molecule has 0 amide bonds. The van der Waals surface area contributed by atoms with Gasteiger partial charge in [-0.2, -0.15) is 13.2 Å². The van der Waals surface area contributed by atoms with Crippen LogP contribution in [0.3, 0.4) is 0 Å². The normalized spacial score (nSPS) is 16.1. The predicted molar refractivity (Wildman–Crippen MR) is 91.1 cm³/mol. The van der Waals surface area contributed by atoms with Crippen molar-refractivity contribution in [2.24, 2.45) is 0 Å². The lowest BCUT2D eigenvalue weighted by Gasteiger charge is -2.34. The summed E-state index contributed by atoms with van der Waals surface area (Å²) in [5, 5.41) is 0. The van der Waals surface area contributed by atoms with E-state index >= 15 is 0 Å². The van der Waals surface area contributed by atoms with Gasteiger partial charge in [-0.25, -0.2) is 0 Å². The van der Waals surface area contributed by atoms with E-state index in [4.69, 9.17) is 4.74 Å².